The van der Waals surface area contributed by atoms with Crippen LogP contribution in [0.4, 0.5) is 0 Å². The van der Waals surface area contributed by atoms with E-state index in [0.717, 1.165) is 39.0 Å². The van der Waals surface area contributed by atoms with Crippen LogP contribution in [0.2, 0.25) is 0 Å². The summed E-state index contributed by atoms with van der Waals surface area (Å²) in [5, 5.41) is 6.04. The number of benzene rings is 4. The van der Waals surface area contributed by atoms with E-state index in [9.17, 15) is 0 Å². The van der Waals surface area contributed by atoms with Crippen LogP contribution in [-0.2, 0) is 0 Å². The number of rotatable bonds is 4. The molecule has 0 saturated heterocycles. The third kappa shape index (κ3) is 3.85. The molecule has 0 spiro atoms. The summed E-state index contributed by atoms with van der Waals surface area (Å²) in [5.74, 6) is 0. The number of hydrogen-bond donors (Lipinski definition) is 0. The Bertz CT molecular complexity index is 1390. The van der Waals surface area contributed by atoms with Crippen LogP contribution in [0.15, 0.2) is 115 Å². The third-order valence-electron chi connectivity index (χ3n) is 5.34. The highest BCUT2D eigenvalue weighted by molar-refractivity contribution is 5.96. The summed E-state index contributed by atoms with van der Waals surface area (Å²) >= 11 is 0. The first-order valence-corrected chi connectivity index (χ1v) is 10.4. The summed E-state index contributed by atoms with van der Waals surface area (Å²) in [6.07, 6.45) is 2.05. The summed E-state index contributed by atoms with van der Waals surface area (Å²) in [5.41, 5.74) is 11.1. The van der Waals surface area contributed by atoms with Crippen LogP contribution in [0.5, 0.6) is 0 Å². The van der Waals surface area contributed by atoms with Gasteiger partial charge in [0, 0.05) is 5.39 Å². The zero-order valence-electron chi connectivity index (χ0n) is 17.4. The summed E-state index contributed by atoms with van der Waals surface area (Å²) in [6, 6.07) is 37.5. The fraction of sp³-hybridized carbons (Fsp3) is 0.0345. The van der Waals surface area contributed by atoms with Gasteiger partial charge in [-0.1, -0.05) is 96.6 Å². The van der Waals surface area contributed by atoms with E-state index in [4.69, 9.17) is 5.10 Å². The maximum Gasteiger partial charge on any atom is 0.0934 e. The van der Waals surface area contributed by atoms with Crippen LogP contribution in [0.25, 0.3) is 28.2 Å². The van der Waals surface area contributed by atoms with Crippen molar-refractivity contribution in [3.05, 3.63) is 137 Å². The molecule has 2 nitrogen and oxygen atoms in total. The summed E-state index contributed by atoms with van der Waals surface area (Å²) in [6.45, 7) is 2.10. The predicted octanol–water partition coefficient (Wildman–Crippen LogP) is 7.08. The van der Waals surface area contributed by atoms with Gasteiger partial charge in [0.05, 0.1) is 22.5 Å². The zero-order valence-corrected chi connectivity index (χ0v) is 17.4. The zero-order chi connectivity index (χ0) is 21.0. The van der Waals surface area contributed by atoms with Gasteiger partial charge in [-0.2, -0.15) is 5.10 Å². The first-order chi connectivity index (χ1) is 15.3. The van der Waals surface area contributed by atoms with Crippen LogP contribution in [0.1, 0.15) is 22.4 Å². The highest BCUT2D eigenvalue weighted by Crippen LogP contribution is 2.31. The van der Waals surface area contributed by atoms with E-state index in [0.29, 0.717) is 0 Å². The van der Waals surface area contributed by atoms with Gasteiger partial charge in [-0.15, -0.1) is 5.73 Å². The maximum absolute atomic E-state index is 4.94. The third-order valence-corrected chi connectivity index (χ3v) is 5.34. The molecular weight excluding hydrogens is 376 g/mol. The topological polar surface area (TPSA) is 17.8 Å². The van der Waals surface area contributed by atoms with Gasteiger partial charge in [0.1, 0.15) is 0 Å². The lowest BCUT2D eigenvalue weighted by molar-refractivity contribution is 0.882. The molecule has 0 unspecified atom stereocenters. The SMILES string of the molecule is Cc1ccc(C=C=C(c2ccccc2)c2c3ccccc3nn2-c2ccccc2)cc1. The summed E-state index contributed by atoms with van der Waals surface area (Å²) < 4.78 is 2.03. The standard InChI is InChI=1S/C29H22N2/c1-22-16-18-23(19-17-22)20-21-26(24-10-4-2-5-11-24)29-27-14-8-9-15-28(27)30-31(29)25-12-6-3-7-13-25/h2-20H,1H3. The molecular formula is C29H22N2. The molecule has 1 aromatic heterocycles. The number of para-hydroxylation sites is 1. The minimum absolute atomic E-state index is 0.965. The molecule has 0 saturated carbocycles. The number of nitrogens with zero attached hydrogens (tertiary/aromatic N) is 2. The van der Waals surface area contributed by atoms with Crippen LogP contribution in [0, 0.1) is 6.92 Å². The first-order valence-electron chi connectivity index (χ1n) is 10.4. The molecule has 31 heavy (non-hydrogen) atoms. The second kappa shape index (κ2) is 8.31. The normalized spacial score (nSPS) is 10.6. The number of aryl methyl sites for hydroxylation is 1. The number of hydrogen-bond acceptors (Lipinski definition) is 1. The maximum atomic E-state index is 4.94. The highest BCUT2D eigenvalue weighted by atomic mass is 15.3. The Morgan fingerprint density at radius 2 is 1.39 bits per heavy atom. The van der Waals surface area contributed by atoms with Crippen LogP contribution >= 0.6 is 0 Å². The molecule has 0 atom stereocenters. The van der Waals surface area contributed by atoms with Crippen molar-refractivity contribution in [2.75, 3.05) is 0 Å². The Morgan fingerprint density at radius 3 is 2.13 bits per heavy atom. The quantitative estimate of drug-likeness (QED) is 0.296. The van der Waals surface area contributed by atoms with Gasteiger partial charge in [-0.25, -0.2) is 4.68 Å². The van der Waals surface area contributed by atoms with E-state index < -0.39 is 0 Å². The summed E-state index contributed by atoms with van der Waals surface area (Å²) in [7, 11) is 0. The van der Waals surface area contributed by atoms with E-state index in [1.165, 1.54) is 5.56 Å². The van der Waals surface area contributed by atoms with E-state index in [1.807, 2.05) is 35.0 Å². The van der Waals surface area contributed by atoms with Crippen LogP contribution in [-0.4, -0.2) is 9.78 Å². The van der Waals surface area contributed by atoms with Crippen molar-refractivity contribution in [2.24, 2.45) is 0 Å². The molecule has 5 aromatic rings. The Morgan fingerprint density at radius 1 is 0.742 bits per heavy atom. The fourth-order valence-electron chi connectivity index (χ4n) is 3.74. The largest absolute Gasteiger partial charge is 0.231 e. The molecule has 1 heterocycles. The van der Waals surface area contributed by atoms with Crippen molar-refractivity contribution >= 4 is 22.6 Å². The van der Waals surface area contributed by atoms with E-state index in [2.05, 4.69) is 97.6 Å². The first kappa shape index (κ1) is 18.9. The molecule has 0 radical (unpaired) electrons. The molecule has 148 valence electrons. The van der Waals surface area contributed by atoms with Crippen molar-refractivity contribution in [2.45, 2.75) is 6.92 Å². The minimum Gasteiger partial charge on any atom is -0.231 e. The van der Waals surface area contributed by atoms with Gasteiger partial charge in [-0.05, 0) is 42.3 Å². The van der Waals surface area contributed by atoms with Crippen molar-refractivity contribution < 1.29 is 0 Å². The lowest BCUT2D eigenvalue weighted by atomic mass is 10.00. The van der Waals surface area contributed by atoms with Crippen molar-refractivity contribution in [1.82, 2.24) is 9.78 Å². The van der Waals surface area contributed by atoms with Gasteiger partial charge < -0.3 is 0 Å². The molecule has 0 N–H and O–H groups in total. The lowest BCUT2D eigenvalue weighted by Gasteiger charge is -2.11. The predicted molar refractivity (Wildman–Crippen MR) is 129 cm³/mol. The molecule has 0 aliphatic carbocycles. The van der Waals surface area contributed by atoms with E-state index >= 15 is 0 Å². The molecule has 5 rings (SSSR count). The van der Waals surface area contributed by atoms with E-state index in [-0.39, 0.29) is 0 Å². The Hall–Kier alpha value is -4.13. The monoisotopic (exact) mass is 398 g/mol. The average molecular weight is 399 g/mol. The Balaban J connectivity index is 1.81. The minimum atomic E-state index is 0.965. The molecule has 2 heteroatoms. The lowest BCUT2D eigenvalue weighted by Crippen LogP contribution is -2.02. The highest BCUT2D eigenvalue weighted by Gasteiger charge is 2.17. The smallest absolute Gasteiger partial charge is 0.0934 e. The van der Waals surface area contributed by atoms with Crippen LogP contribution < -0.4 is 0 Å². The second-order valence-corrected chi connectivity index (χ2v) is 7.55. The molecule has 4 aromatic carbocycles. The van der Waals surface area contributed by atoms with E-state index in [1.54, 1.807) is 0 Å². The van der Waals surface area contributed by atoms with Crippen molar-refractivity contribution in [1.29, 1.82) is 0 Å². The molecule has 0 aliphatic rings. The number of aromatic nitrogens is 2. The van der Waals surface area contributed by atoms with Crippen LogP contribution in [0.3, 0.4) is 0 Å². The van der Waals surface area contributed by atoms with Crippen molar-refractivity contribution in [3.8, 4) is 5.69 Å². The Labute approximate surface area is 182 Å². The fourth-order valence-corrected chi connectivity index (χ4v) is 3.74. The average Bonchev–Trinajstić information content (AvgIpc) is 3.21. The number of fused-ring (bicyclic) bond motifs is 1. The second-order valence-electron chi connectivity index (χ2n) is 7.55. The molecule has 0 fully saturated rings. The van der Waals surface area contributed by atoms with Gasteiger partial charge in [0.15, 0.2) is 0 Å². The van der Waals surface area contributed by atoms with Gasteiger partial charge in [0.2, 0.25) is 0 Å². The molecule has 0 amide bonds. The van der Waals surface area contributed by atoms with Gasteiger partial charge in [-0.3, -0.25) is 0 Å². The van der Waals surface area contributed by atoms with Gasteiger partial charge >= 0.3 is 0 Å². The van der Waals surface area contributed by atoms with Crippen molar-refractivity contribution in [3.63, 3.8) is 0 Å². The summed E-state index contributed by atoms with van der Waals surface area (Å²) in [4.78, 5) is 0. The molecule has 0 bridgehead atoms. The Kier molecular flexibility index (Phi) is 5.06. The molecule has 0 aliphatic heterocycles. The van der Waals surface area contributed by atoms with Gasteiger partial charge in [0.25, 0.3) is 0 Å².